The Bertz CT molecular complexity index is 505. The molecule has 1 unspecified atom stereocenters. The van der Waals surface area contributed by atoms with Gasteiger partial charge in [-0.2, -0.15) is 0 Å². The van der Waals surface area contributed by atoms with Crippen LogP contribution in [-0.2, 0) is 0 Å². The van der Waals surface area contributed by atoms with Crippen molar-refractivity contribution in [3.05, 3.63) is 45.2 Å². The van der Waals surface area contributed by atoms with Crippen LogP contribution in [0.2, 0.25) is 5.02 Å². The second-order valence-electron chi connectivity index (χ2n) is 4.17. The van der Waals surface area contributed by atoms with Crippen molar-refractivity contribution in [2.45, 2.75) is 25.3 Å². The summed E-state index contributed by atoms with van der Waals surface area (Å²) in [4.78, 5) is 10.3. The molecule has 1 aromatic rings. The van der Waals surface area contributed by atoms with Gasteiger partial charge >= 0.3 is 0 Å². The van der Waals surface area contributed by atoms with Gasteiger partial charge in [0.2, 0.25) is 0 Å². The maximum atomic E-state index is 13.2. The van der Waals surface area contributed by atoms with Crippen LogP contribution >= 0.6 is 11.6 Å². The fraction of sp³-hybridized carbons (Fsp3) is 0.333. The van der Waals surface area contributed by atoms with Crippen LogP contribution in [0.15, 0.2) is 24.3 Å². The Balaban J connectivity index is 2.27. The van der Waals surface area contributed by atoms with E-state index >= 15 is 0 Å². The minimum absolute atomic E-state index is 0.116. The Labute approximate surface area is 109 Å². The zero-order valence-corrected chi connectivity index (χ0v) is 10.3. The minimum atomic E-state index is -0.780. The molecule has 0 amide bonds. The number of nitrogens with one attached hydrogen (secondary N) is 1. The first-order valence-corrected chi connectivity index (χ1v) is 6.00. The number of hydrogen-bond donors (Lipinski definition) is 1. The lowest BCUT2D eigenvalue weighted by Crippen LogP contribution is -2.20. The Morgan fingerprint density at radius 3 is 2.83 bits per heavy atom. The normalized spacial score (nSPS) is 18.7. The number of halogens is 2. The van der Waals surface area contributed by atoms with Crippen LogP contribution in [0.25, 0.3) is 0 Å². The third-order valence-corrected chi connectivity index (χ3v) is 3.15. The fourth-order valence-electron chi connectivity index (χ4n) is 1.95. The average molecular weight is 271 g/mol. The molecule has 18 heavy (non-hydrogen) atoms. The number of hydrogen-bond acceptors (Lipinski definition) is 3. The number of nitrogens with zero attached hydrogens (tertiary/aromatic N) is 1. The molecule has 0 saturated carbocycles. The second-order valence-corrected chi connectivity index (χ2v) is 4.57. The zero-order valence-electron chi connectivity index (χ0n) is 9.53. The van der Waals surface area contributed by atoms with E-state index in [1.807, 2.05) is 6.08 Å². The number of nitro groups is 1. The molecule has 0 bridgehead atoms. The summed E-state index contributed by atoms with van der Waals surface area (Å²) < 4.78 is 13.2. The highest BCUT2D eigenvalue weighted by Gasteiger charge is 2.20. The molecular formula is C12H12ClFN2O2. The van der Waals surface area contributed by atoms with Crippen LogP contribution in [0.5, 0.6) is 0 Å². The van der Waals surface area contributed by atoms with Crippen LogP contribution < -0.4 is 5.32 Å². The standard InChI is InChI=1S/C12H12ClFN2O2/c13-9-6-11(12(16(17)18)7-10(9)14)15-8-4-2-1-3-5-8/h1-2,6-8,15H,3-5H2. The van der Waals surface area contributed by atoms with E-state index in [0.29, 0.717) is 0 Å². The molecule has 0 fully saturated rings. The van der Waals surface area contributed by atoms with Crippen LogP contribution in [0.4, 0.5) is 15.8 Å². The van der Waals surface area contributed by atoms with Crippen molar-refractivity contribution in [1.29, 1.82) is 0 Å². The Morgan fingerprint density at radius 1 is 1.44 bits per heavy atom. The summed E-state index contributed by atoms with van der Waals surface area (Å²) >= 11 is 5.66. The SMILES string of the molecule is O=[N+]([O-])c1cc(F)c(Cl)cc1NC1CC=CCC1. The average Bonchev–Trinajstić information content (AvgIpc) is 2.34. The molecule has 0 aromatic heterocycles. The topological polar surface area (TPSA) is 55.2 Å². The Kier molecular flexibility index (Phi) is 3.81. The summed E-state index contributed by atoms with van der Waals surface area (Å²) in [5, 5.41) is 13.8. The third kappa shape index (κ3) is 2.79. The maximum absolute atomic E-state index is 13.2. The lowest BCUT2D eigenvalue weighted by Gasteiger charge is -2.20. The van der Waals surface area contributed by atoms with Gasteiger partial charge in [-0.05, 0) is 25.3 Å². The van der Waals surface area contributed by atoms with E-state index in [9.17, 15) is 14.5 Å². The summed E-state index contributed by atoms with van der Waals surface area (Å²) in [5.74, 6) is -0.780. The lowest BCUT2D eigenvalue weighted by molar-refractivity contribution is -0.384. The highest BCUT2D eigenvalue weighted by molar-refractivity contribution is 6.31. The molecule has 1 aliphatic rings. The van der Waals surface area contributed by atoms with Gasteiger partial charge in [0.25, 0.3) is 5.69 Å². The first-order valence-electron chi connectivity index (χ1n) is 5.63. The third-order valence-electron chi connectivity index (χ3n) is 2.86. The smallest absolute Gasteiger partial charge is 0.295 e. The van der Waals surface area contributed by atoms with Crippen LogP contribution in [0.1, 0.15) is 19.3 Å². The monoisotopic (exact) mass is 270 g/mol. The van der Waals surface area contributed by atoms with Gasteiger partial charge < -0.3 is 5.32 Å². The zero-order chi connectivity index (χ0) is 13.1. The molecule has 1 atom stereocenters. The number of benzene rings is 1. The quantitative estimate of drug-likeness (QED) is 0.515. The maximum Gasteiger partial charge on any atom is 0.295 e. The lowest BCUT2D eigenvalue weighted by atomic mass is 10.0. The predicted octanol–water partition coefficient (Wildman–Crippen LogP) is 3.91. The van der Waals surface area contributed by atoms with Crippen molar-refractivity contribution in [3.8, 4) is 0 Å². The molecule has 0 radical (unpaired) electrons. The molecule has 4 nitrogen and oxygen atoms in total. The van der Waals surface area contributed by atoms with E-state index in [0.717, 1.165) is 25.3 Å². The summed E-state index contributed by atoms with van der Waals surface area (Å²) in [6.07, 6.45) is 6.72. The van der Waals surface area contributed by atoms with Gasteiger partial charge in [0.05, 0.1) is 16.0 Å². The van der Waals surface area contributed by atoms with Gasteiger partial charge in [-0.15, -0.1) is 0 Å². The van der Waals surface area contributed by atoms with Crippen molar-refractivity contribution in [3.63, 3.8) is 0 Å². The molecule has 1 aliphatic carbocycles. The first-order chi connectivity index (χ1) is 8.58. The molecule has 0 spiro atoms. The van der Waals surface area contributed by atoms with Crippen LogP contribution in [0, 0.1) is 15.9 Å². The van der Waals surface area contributed by atoms with E-state index < -0.39 is 10.7 Å². The fourth-order valence-corrected chi connectivity index (χ4v) is 2.11. The van der Waals surface area contributed by atoms with Crippen molar-refractivity contribution in [2.24, 2.45) is 0 Å². The van der Waals surface area contributed by atoms with Crippen molar-refractivity contribution >= 4 is 23.0 Å². The van der Waals surface area contributed by atoms with Gasteiger partial charge in [0, 0.05) is 6.04 Å². The largest absolute Gasteiger partial charge is 0.376 e. The van der Waals surface area contributed by atoms with Gasteiger partial charge in [0.1, 0.15) is 11.5 Å². The summed E-state index contributed by atoms with van der Waals surface area (Å²) in [7, 11) is 0. The van der Waals surface area contributed by atoms with Crippen molar-refractivity contribution < 1.29 is 9.31 Å². The van der Waals surface area contributed by atoms with Gasteiger partial charge in [-0.1, -0.05) is 23.8 Å². The highest BCUT2D eigenvalue weighted by Crippen LogP contribution is 2.31. The summed E-state index contributed by atoms with van der Waals surface area (Å²) in [6.45, 7) is 0. The van der Waals surface area contributed by atoms with Gasteiger partial charge in [-0.25, -0.2) is 4.39 Å². The minimum Gasteiger partial charge on any atom is -0.376 e. The van der Waals surface area contributed by atoms with Crippen LogP contribution in [-0.4, -0.2) is 11.0 Å². The molecule has 96 valence electrons. The molecule has 0 heterocycles. The predicted molar refractivity (Wildman–Crippen MR) is 68.5 cm³/mol. The molecular weight excluding hydrogens is 259 g/mol. The van der Waals surface area contributed by atoms with Crippen molar-refractivity contribution in [2.75, 3.05) is 5.32 Å². The number of anilines is 1. The van der Waals surface area contributed by atoms with E-state index in [-0.39, 0.29) is 22.4 Å². The molecule has 6 heteroatoms. The van der Waals surface area contributed by atoms with E-state index in [2.05, 4.69) is 11.4 Å². The Morgan fingerprint density at radius 2 is 2.22 bits per heavy atom. The van der Waals surface area contributed by atoms with E-state index in [1.165, 1.54) is 6.07 Å². The molecule has 0 saturated heterocycles. The van der Waals surface area contributed by atoms with Crippen molar-refractivity contribution in [1.82, 2.24) is 0 Å². The molecule has 1 aromatic carbocycles. The molecule has 0 aliphatic heterocycles. The van der Waals surface area contributed by atoms with Gasteiger partial charge in [-0.3, -0.25) is 10.1 Å². The van der Waals surface area contributed by atoms with Gasteiger partial charge in [0.15, 0.2) is 0 Å². The number of nitro benzene ring substituents is 1. The summed E-state index contributed by atoms with van der Waals surface area (Å²) in [6, 6.07) is 2.24. The molecule has 2 rings (SSSR count). The number of rotatable bonds is 3. The highest BCUT2D eigenvalue weighted by atomic mass is 35.5. The van der Waals surface area contributed by atoms with E-state index in [1.54, 1.807) is 0 Å². The Hall–Kier alpha value is -1.62. The number of allylic oxidation sites excluding steroid dienone is 1. The first kappa shape index (κ1) is 12.8. The van der Waals surface area contributed by atoms with E-state index in [4.69, 9.17) is 11.6 Å². The second kappa shape index (κ2) is 5.35. The molecule has 1 N–H and O–H groups in total. The van der Waals surface area contributed by atoms with Crippen LogP contribution in [0.3, 0.4) is 0 Å². The summed E-state index contributed by atoms with van der Waals surface area (Å²) in [5.41, 5.74) is -0.0156.